The number of carbonyl (C=O) groups excluding carboxylic acids is 3. The highest BCUT2D eigenvalue weighted by molar-refractivity contribution is 5.96. The molecular formula is C19H18N6O6. The fourth-order valence-electron chi connectivity index (χ4n) is 2.48. The van der Waals surface area contributed by atoms with Gasteiger partial charge in [-0.1, -0.05) is 6.07 Å². The summed E-state index contributed by atoms with van der Waals surface area (Å²) in [6.07, 6.45) is 1.37. The Hall–Kier alpha value is -4.48. The number of rotatable bonds is 7. The van der Waals surface area contributed by atoms with Gasteiger partial charge < -0.3 is 14.2 Å². The fourth-order valence-corrected chi connectivity index (χ4v) is 2.48. The Balaban J connectivity index is 1.51. The molecule has 2 N–H and O–H groups in total. The van der Waals surface area contributed by atoms with Gasteiger partial charge in [0, 0.05) is 5.56 Å². The number of esters is 1. The molecule has 160 valence electrons. The first-order valence-electron chi connectivity index (χ1n) is 8.83. The Morgan fingerprint density at radius 3 is 2.48 bits per heavy atom. The summed E-state index contributed by atoms with van der Waals surface area (Å²) in [5.41, 5.74) is 5.38. The molecule has 0 unspecified atom stereocenters. The summed E-state index contributed by atoms with van der Waals surface area (Å²) < 4.78 is 16.6. The van der Waals surface area contributed by atoms with Gasteiger partial charge >= 0.3 is 5.97 Å². The predicted molar refractivity (Wildman–Crippen MR) is 105 cm³/mol. The van der Waals surface area contributed by atoms with E-state index in [1.165, 1.54) is 49.5 Å². The second-order valence-corrected chi connectivity index (χ2v) is 5.95. The highest BCUT2D eigenvalue weighted by Gasteiger charge is 2.14. The van der Waals surface area contributed by atoms with Crippen molar-refractivity contribution >= 4 is 17.8 Å². The molecule has 31 heavy (non-hydrogen) atoms. The molecule has 0 bridgehead atoms. The van der Waals surface area contributed by atoms with Gasteiger partial charge in [0.15, 0.2) is 18.1 Å². The number of amides is 2. The highest BCUT2D eigenvalue weighted by Crippen LogP contribution is 2.27. The molecule has 1 heterocycles. The molecule has 0 spiro atoms. The van der Waals surface area contributed by atoms with Crippen molar-refractivity contribution in [1.82, 2.24) is 31.1 Å². The smallest absolute Gasteiger partial charge is 0.338 e. The minimum atomic E-state index is -0.726. The van der Waals surface area contributed by atoms with E-state index in [0.717, 1.165) is 0 Å². The third-order valence-electron chi connectivity index (χ3n) is 3.99. The molecule has 3 rings (SSSR count). The minimum absolute atomic E-state index is 0.204. The molecule has 0 saturated carbocycles. The lowest BCUT2D eigenvalue weighted by Crippen LogP contribution is -2.43. The van der Waals surface area contributed by atoms with Gasteiger partial charge in [-0.05, 0) is 46.8 Å². The van der Waals surface area contributed by atoms with Gasteiger partial charge in [0.1, 0.15) is 6.33 Å². The van der Waals surface area contributed by atoms with E-state index in [4.69, 9.17) is 14.2 Å². The first-order chi connectivity index (χ1) is 15.0. The molecule has 2 amide bonds. The Morgan fingerprint density at radius 2 is 1.77 bits per heavy atom. The van der Waals surface area contributed by atoms with Crippen LogP contribution in [0.4, 0.5) is 0 Å². The van der Waals surface area contributed by atoms with Crippen LogP contribution in [0.3, 0.4) is 0 Å². The van der Waals surface area contributed by atoms with Gasteiger partial charge in [-0.25, -0.2) is 9.48 Å². The van der Waals surface area contributed by atoms with E-state index in [1.54, 1.807) is 18.2 Å². The summed E-state index contributed by atoms with van der Waals surface area (Å²) in [4.78, 5) is 36.3. The van der Waals surface area contributed by atoms with Crippen LogP contribution in [0, 0.1) is 0 Å². The van der Waals surface area contributed by atoms with Crippen molar-refractivity contribution in [3.8, 4) is 17.2 Å². The summed E-state index contributed by atoms with van der Waals surface area (Å²) in [6.45, 7) is -0.597. The Bertz CT molecular complexity index is 1090. The number of nitrogens with zero attached hydrogens (tertiary/aromatic N) is 4. The number of hydrogen-bond donors (Lipinski definition) is 2. The molecule has 12 heteroatoms. The van der Waals surface area contributed by atoms with E-state index in [9.17, 15) is 14.4 Å². The number of aromatic nitrogens is 4. The Labute approximate surface area is 176 Å². The molecule has 2 aromatic carbocycles. The van der Waals surface area contributed by atoms with Crippen molar-refractivity contribution in [2.45, 2.75) is 0 Å². The second-order valence-electron chi connectivity index (χ2n) is 5.95. The molecule has 0 saturated heterocycles. The van der Waals surface area contributed by atoms with E-state index in [1.807, 2.05) is 0 Å². The van der Waals surface area contributed by atoms with Crippen molar-refractivity contribution in [2.75, 3.05) is 20.8 Å². The van der Waals surface area contributed by atoms with E-state index < -0.39 is 24.4 Å². The third-order valence-corrected chi connectivity index (χ3v) is 3.99. The number of carbonyl (C=O) groups is 3. The predicted octanol–water partition coefficient (Wildman–Crippen LogP) is 0.297. The van der Waals surface area contributed by atoms with Crippen LogP contribution in [0.25, 0.3) is 5.69 Å². The SMILES string of the molecule is COc1ccc(C(=O)NNC(=O)COC(=O)c2cccc(-n3cnnn3)c2)cc1OC. The van der Waals surface area contributed by atoms with Crippen molar-refractivity contribution in [3.05, 3.63) is 59.9 Å². The Morgan fingerprint density at radius 1 is 0.968 bits per heavy atom. The zero-order chi connectivity index (χ0) is 22.2. The molecule has 3 aromatic rings. The van der Waals surface area contributed by atoms with E-state index in [0.29, 0.717) is 17.2 Å². The topological polar surface area (TPSA) is 147 Å². The van der Waals surface area contributed by atoms with Gasteiger partial charge in [0.2, 0.25) is 0 Å². The zero-order valence-electron chi connectivity index (χ0n) is 16.6. The largest absolute Gasteiger partial charge is 0.493 e. The van der Waals surface area contributed by atoms with Crippen molar-refractivity contribution in [2.24, 2.45) is 0 Å². The number of methoxy groups -OCH3 is 2. The molecule has 0 aliphatic rings. The number of benzene rings is 2. The van der Waals surface area contributed by atoms with Crippen LogP contribution in [0.15, 0.2) is 48.8 Å². The zero-order valence-corrected chi connectivity index (χ0v) is 16.6. The first-order valence-corrected chi connectivity index (χ1v) is 8.83. The van der Waals surface area contributed by atoms with Crippen molar-refractivity contribution in [1.29, 1.82) is 0 Å². The monoisotopic (exact) mass is 426 g/mol. The maximum Gasteiger partial charge on any atom is 0.338 e. The molecular weight excluding hydrogens is 408 g/mol. The highest BCUT2D eigenvalue weighted by atomic mass is 16.5. The van der Waals surface area contributed by atoms with Crippen LogP contribution in [-0.4, -0.2) is 58.8 Å². The first kappa shape index (κ1) is 21.2. The van der Waals surface area contributed by atoms with Gasteiger partial charge in [0.05, 0.1) is 25.5 Å². The normalized spacial score (nSPS) is 10.1. The van der Waals surface area contributed by atoms with Gasteiger partial charge in [-0.15, -0.1) is 5.10 Å². The second kappa shape index (κ2) is 9.82. The van der Waals surface area contributed by atoms with E-state index in [-0.39, 0.29) is 11.1 Å². The lowest BCUT2D eigenvalue weighted by Gasteiger charge is -2.11. The Kier molecular flexibility index (Phi) is 6.73. The van der Waals surface area contributed by atoms with Crippen molar-refractivity contribution in [3.63, 3.8) is 0 Å². The number of nitrogens with one attached hydrogen (secondary N) is 2. The average Bonchev–Trinajstić information content (AvgIpc) is 3.35. The number of hydrazine groups is 1. The summed E-state index contributed by atoms with van der Waals surface area (Å²) in [6, 6.07) is 10.9. The number of tetrazole rings is 1. The molecule has 1 aromatic heterocycles. The minimum Gasteiger partial charge on any atom is -0.493 e. The van der Waals surface area contributed by atoms with Gasteiger partial charge in [-0.2, -0.15) is 0 Å². The quantitative estimate of drug-likeness (QED) is 0.402. The van der Waals surface area contributed by atoms with Crippen LogP contribution >= 0.6 is 0 Å². The lowest BCUT2D eigenvalue weighted by molar-refractivity contribution is -0.125. The maximum atomic E-state index is 12.2. The van der Waals surface area contributed by atoms with Crippen LogP contribution in [0.2, 0.25) is 0 Å². The summed E-state index contributed by atoms with van der Waals surface area (Å²) >= 11 is 0. The third kappa shape index (κ3) is 5.32. The average molecular weight is 426 g/mol. The number of ether oxygens (including phenoxy) is 3. The van der Waals surface area contributed by atoms with Gasteiger partial charge in [0.25, 0.3) is 11.8 Å². The lowest BCUT2D eigenvalue weighted by atomic mass is 10.2. The van der Waals surface area contributed by atoms with E-state index in [2.05, 4.69) is 26.4 Å². The molecule has 0 aliphatic heterocycles. The summed E-state index contributed by atoms with van der Waals surface area (Å²) in [7, 11) is 2.91. The molecule has 0 atom stereocenters. The molecule has 0 aliphatic carbocycles. The fraction of sp³-hybridized carbons (Fsp3) is 0.158. The van der Waals surface area contributed by atoms with Crippen LogP contribution in [-0.2, 0) is 9.53 Å². The van der Waals surface area contributed by atoms with Crippen LogP contribution in [0.1, 0.15) is 20.7 Å². The number of hydrogen-bond acceptors (Lipinski definition) is 9. The maximum absolute atomic E-state index is 12.2. The molecule has 0 fully saturated rings. The van der Waals surface area contributed by atoms with Crippen LogP contribution < -0.4 is 20.3 Å². The summed E-state index contributed by atoms with van der Waals surface area (Å²) in [5, 5.41) is 10.8. The van der Waals surface area contributed by atoms with Crippen molar-refractivity contribution < 1.29 is 28.6 Å². The standard InChI is InChI=1S/C19H18N6O6/c1-29-15-7-6-12(9-16(15)30-2)18(27)22-21-17(26)10-31-19(28)13-4-3-5-14(8-13)25-11-20-23-24-25/h3-9,11H,10H2,1-2H3,(H,21,26)(H,22,27). The molecule has 0 radical (unpaired) electrons. The van der Waals surface area contributed by atoms with Crippen LogP contribution in [0.5, 0.6) is 11.5 Å². The van der Waals surface area contributed by atoms with Gasteiger partial charge in [-0.3, -0.25) is 20.4 Å². The van der Waals surface area contributed by atoms with E-state index >= 15 is 0 Å². The molecule has 12 nitrogen and oxygen atoms in total. The summed E-state index contributed by atoms with van der Waals surface area (Å²) in [5.74, 6) is -1.22.